The third kappa shape index (κ3) is 4.58. The van der Waals surface area contributed by atoms with Crippen LogP contribution in [0.15, 0.2) is 12.1 Å². The van der Waals surface area contributed by atoms with Crippen LogP contribution in [0.3, 0.4) is 0 Å². The number of halogens is 1. The largest absolute Gasteiger partial charge is 0.493 e. The smallest absolute Gasteiger partial charge is 0.222 e. The number of hydrogen-bond donors (Lipinski definition) is 1. The van der Waals surface area contributed by atoms with Gasteiger partial charge in [-0.2, -0.15) is 0 Å². The van der Waals surface area contributed by atoms with Crippen molar-refractivity contribution in [3.8, 4) is 11.5 Å². The van der Waals surface area contributed by atoms with Gasteiger partial charge in [0.15, 0.2) is 11.5 Å². The van der Waals surface area contributed by atoms with Crippen molar-refractivity contribution in [1.82, 2.24) is 4.90 Å². The summed E-state index contributed by atoms with van der Waals surface area (Å²) >= 11 is 5.98. The fourth-order valence-corrected chi connectivity index (χ4v) is 1.94. The van der Waals surface area contributed by atoms with E-state index < -0.39 is 0 Å². The van der Waals surface area contributed by atoms with E-state index in [2.05, 4.69) is 0 Å². The van der Waals surface area contributed by atoms with Crippen molar-refractivity contribution in [1.29, 1.82) is 0 Å². The number of methoxy groups -OCH3 is 1. The summed E-state index contributed by atoms with van der Waals surface area (Å²) in [5.41, 5.74) is 6.47. The van der Waals surface area contributed by atoms with Crippen LogP contribution in [0.4, 0.5) is 0 Å². The number of nitrogens with zero attached hydrogens (tertiary/aromatic N) is 1. The number of amides is 1. The number of benzene rings is 1. The van der Waals surface area contributed by atoms with E-state index in [1.54, 1.807) is 38.2 Å². The molecule has 6 heteroatoms. The SMILES string of the molecule is COc1cc(Cl)cc(CN)c1OCCCC(=O)N(C)C. The maximum Gasteiger partial charge on any atom is 0.222 e. The second-order valence-electron chi connectivity index (χ2n) is 4.54. The van der Waals surface area contributed by atoms with Crippen LogP contribution in [-0.2, 0) is 11.3 Å². The second-order valence-corrected chi connectivity index (χ2v) is 4.98. The van der Waals surface area contributed by atoms with Gasteiger partial charge >= 0.3 is 0 Å². The summed E-state index contributed by atoms with van der Waals surface area (Å²) in [4.78, 5) is 13.0. The van der Waals surface area contributed by atoms with Gasteiger partial charge in [-0.1, -0.05) is 11.6 Å². The third-order valence-electron chi connectivity index (χ3n) is 2.82. The van der Waals surface area contributed by atoms with Crippen LogP contribution in [0.1, 0.15) is 18.4 Å². The monoisotopic (exact) mass is 300 g/mol. The predicted molar refractivity (Wildman–Crippen MR) is 79.3 cm³/mol. The van der Waals surface area contributed by atoms with Crippen molar-refractivity contribution in [2.45, 2.75) is 19.4 Å². The Morgan fingerprint density at radius 2 is 2.10 bits per heavy atom. The molecule has 20 heavy (non-hydrogen) atoms. The third-order valence-corrected chi connectivity index (χ3v) is 3.03. The van der Waals surface area contributed by atoms with Gasteiger partial charge in [0.1, 0.15) is 0 Å². The quantitative estimate of drug-likeness (QED) is 0.783. The van der Waals surface area contributed by atoms with Crippen molar-refractivity contribution < 1.29 is 14.3 Å². The average molecular weight is 301 g/mol. The normalized spacial score (nSPS) is 10.2. The molecule has 0 aliphatic carbocycles. The molecule has 1 aromatic carbocycles. The number of rotatable bonds is 7. The lowest BCUT2D eigenvalue weighted by atomic mass is 10.2. The molecule has 0 aromatic heterocycles. The molecule has 112 valence electrons. The highest BCUT2D eigenvalue weighted by Gasteiger charge is 2.12. The van der Waals surface area contributed by atoms with Gasteiger partial charge < -0.3 is 20.1 Å². The van der Waals surface area contributed by atoms with E-state index in [0.717, 1.165) is 5.56 Å². The first-order valence-corrected chi connectivity index (χ1v) is 6.76. The topological polar surface area (TPSA) is 64.8 Å². The Hall–Kier alpha value is -1.46. The zero-order chi connectivity index (χ0) is 15.1. The van der Waals surface area contributed by atoms with Crippen LogP contribution in [0.5, 0.6) is 11.5 Å². The van der Waals surface area contributed by atoms with E-state index in [0.29, 0.717) is 42.5 Å². The first kappa shape index (κ1) is 16.6. The van der Waals surface area contributed by atoms with E-state index in [1.807, 2.05) is 0 Å². The number of ether oxygens (including phenoxy) is 2. The highest BCUT2D eigenvalue weighted by molar-refractivity contribution is 6.30. The number of carbonyl (C=O) groups excluding carboxylic acids is 1. The Labute approximate surface area is 124 Å². The van der Waals surface area contributed by atoms with E-state index >= 15 is 0 Å². The van der Waals surface area contributed by atoms with E-state index in [4.69, 9.17) is 26.8 Å². The highest BCUT2D eigenvalue weighted by Crippen LogP contribution is 2.34. The molecule has 0 saturated carbocycles. The molecule has 1 rings (SSSR count). The first-order chi connectivity index (χ1) is 9.49. The minimum Gasteiger partial charge on any atom is -0.493 e. The number of carbonyl (C=O) groups is 1. The minimum atomic E-state index is 0.0794. The van der Waals surface area contributed by atoms with Gasteiger partial charge in [-0.05, 0) is 12.5 Å². The van der Waals surface area contributed by atoms with Gasteiger partial charge in [0.05, 0.1) is 13.7 Å². The molecular formula is C14H21ClN2O3. The van der Waals surface area contributed by atoms with Crippen LogP contribution < -0.4 is 15.2 Å². The van der Waals surface area contributed by atoms with Gasteiger partial charge in [0.2, 0.25) is 5.91 Å². The van der Waals surface area contributed by atoms with Gasteiger partial charge in [0.25, 0.3) is 0 Å². The zero-order valence-electron chi connectivity index (χ0n) is 12.1. The number of nitrogens with two attached hydrogens (primary N) is 1. The summed E-state index contributed by atoms with van der Waals surface area (Å²) in [5, 5.41) is 0.553. The van der Waals surface area contributed by atoms with Crippen molar-refractivity contribution in [2.24, 2.45) is 5.73 Å². The zero-order valence-corrected chi connectivity index (χ0v) is 12.9. The average Bonchev–Trinajstić information content (AvgIpc) is 2.43. The van der Waals surface area contributed by atoms with Crippen LogP contribution in [0, 0.1) is 0 Å². The van der Waals surface area contributed by atoms with E-state index in [-0.39, 0.29) is 5.91 Å². The molecule has 2 N–H and O–H groups in total. The Kier molecular flexibility index (Phi) is 6.61. The van der Waals surface area contributed by atoms with E-state index in [1.165, 1.54) is 0 Å². The molecule has 0 atom stereocenters. The van der Waals surface area contributed by atoms with Crippen molar-refractivity contribution in [2.75, 3.05) is 27.8 Å². The molecule has 0 heterocycles. The molecule has 5 nitrogen and oxygen atoms in total. The summed E-state index contributed by atoms with van der Waals surface area (Å²) in [6.45, 7) is 0.730. The summed E-state index contributed by atoms with van der Waals surface area (Å²) in [5.74, 6) is 1.23. The molecule has 0 radical (unpaired) electrons. The van der Waals surface area contributed by atoms with Crippen LogP contribution in [0.25, 0.3) is 0 Å². The maximum absolute atomic E-state index is 11.5. The van der Waals surface area contributed by atoms with Gasteiger partial charge in [-0.25, -0.2) is 0 Å². The lowest BCUT2D eigenvalue weighted by Gasteiger charge is -2.15. The first-order valence-electron chi connectivity index (χ1n) is 6.39. The number of hydrogen-bond acceptors (Lipinski definition) is 4. The van der Waals surface area contributed by atoms with Crippen molar-refractivity contribution in [3.05, 3.63) is 22.7 Å². The maximum atomic E-state index is 11.5. The fraction of sp³-hybridized carbons (Fsp3) is 0.500. The summed E-state index contributed by atoms with van der Waals surface area (Å²) in [6.07, 6.45) is 1.08. The molecule has 0 saturated heterocycles. The van der Waals surface area contributed by atoms with Crippen molar-refractivity contribution in [3.63, 3.8) is 0 Å². The molecule has 0 aliphatic heterocycles. The molecular weight excluding hydrogens is 280 g/mol. The van der Waals surface area contributed by atoms with Crippen LogP contribution >= 0.6 is 11.6 Å². The predicted octanol–water partition coefficient (Wildman–Crippen LogP) is 2.05. The summed E-state index contributed by atoms with van der Waals surface area (Å²) in [6, 6.07) is 3.44. The van der Waals surface area contributed by atoms with Crippen LogP contribution in [0.2, 0.25) is 5.02 Å². The molecule has 0 aliphatic rings. The fourth-order valence-electron chi connectivity index (χ4n) is 1.71. The minimum absolute atomic E-state index is 0.0794. The van der Waals surface area contributed by atoms with Gasteiger partial charge in [-0.3, -0.25) is 4.79 Å². The van der Waals surface area contributed by atoms with E-state index in [9.17, 15) is 4.79 Å². The lowest BCUT2D eigenvalue weighted by molar-refractivity contribution is -0.128. The molecule has 0 spiro atoms. The van der Waals surface area contributed by atoms with Gasteiger partial charge in [-0.15, -0.1) is 0 Å². The summed E-state index contributed by atoms with van der Waals surface area (Å²) < 4.78 is 10.9. The highest BCUT2D eigenvalue weighted by atomic mass is 35.5. The van der Waals surface area contributed by atoms with Crippen LogP contribution in [-0.4, -0.2) is 38.6 Å². The lowest BCUT2D eigenvalue weighted by Crippen LogP contribution is -2.21. The Morgan fingerprint density at radius 1 is 1.40 bits per heavy atom. The summed E-state index contributed by atoms with van der Waals surface area (Å²) in [7, 11) is 5.02. The van der Waals surface area contributed by atoms with Crippen molar-refractivity contribution >= 4 is 17.5 Å². The van der Waals surface area contributed by atoms with Gasteiger partial charge in [0, 0.05) is 43.7 Å². The Bertz CT molecular complexity index is 439. The molecule has 1 aromatic rings. The molecule has 0 unspecified atom stereocenters. The molecule has 1 amide bonds. The Morgan fingerprint density at radius 3 is 2.65 bits per heavy atom. The standard InChI is InChI=1S/C14H21ClN2O3/c1-17(2)13(18)5-4-6-20-14-10(9-16)7-11(15)8-12(14)19-3/h7-8H,4-6,9,16H2,1-3H3. The Balaban J connectivity index is 2.65. The second kappa shape index (κ2) is 7.97. The molecule has 0 fully saturated rings. The molecule has 0 bridgehead atoms.